The van der Waals surface area contributed by atoms with E-state index in [0.717, 1.165) is 17.0 Å². The van der Waals surface area contributed by atoms with Gasteiger partial charge in [-0.3, -0.25) is 10.4 Å². The van der Waals surface area contributed by atoms with E-state index in [1.807, 2.05) is 13.8 Å². The molecular weight excluding hydrogens is 206 g/mol. The van der Waals surface area contributed by atoms with Gasteiger partial charge in [0.1, 0.15) is 6.04 Å². The topological polar surface area (TPSA) is 113 Å². The van der Waals surface area contributed by atoms with E-state index >= 15 is 0 Å². The first-order chi connectivity index (χ1) is 7.70. The van der Waals surface area contributed by atoms with Gasteiger partial charge in [0.2, 0.25) is 0 Å². The van der Waals surface area contributed by atoms with Gasteiger partial charge < -0.3 is 0 Å². The molecule has 0 bridgehead atoms. The lowest BCUT2D eigenvalue weighted by molar-refractivity contribution is 0.630. The van der Waals surface area contributed by atoms with E-state index in [1.54, 1.807) is 0 Å². The molecule has 0 fully saturated rings. The standard InChI is InChI=1S/C9H13N7/c1-6-9(7(2)15-14-6)8(5-10)12-3-4-13-16-11/h8,12H,3-4H2,1-2H3,(H,14,15). The minimum absolute atomic E-state index is 0.324. The van der Waals surface area contributed by atoms with E-state index in [1.165, 1.54) is 0 Å². The third-order valence-corrected chi connectivity index (χ3v) is 2.23. The summed E-state index contributed by atoms with van der Waals surface area (Å²) < 4.78 is 0. The number of aromatic amines is 1. The summed E-state index contributed by atoms with van der Waals surface area (Å²) in [6.07, 6.45) is 0. The number of aryl methyl sites for hydroxylation is 2. The molecule has 7 heteroatoms. The second-order valence-electron chi connectivity index (χ2n) is 3.32. The molecule has 0 aliphatic rings. The van der Waals surface area contributed by atoms with Crippen LogP contribution in [0.4, 0.5) is 0 Å². The molecule has 1 heterocycles. The molecule has 1 aromatic rings. The van der Waals surface area contributed by atoms with Crippen molar-refractivity contribution in [1.82, 2.24) is 15.5 Å². The van der Waals surface area contributed by atoms with Crippen LogP contribution in [0.1, 0.15) is 23.0 Å². The Morgan fingerprint density at radius 3 is 2.94 bits per heavy atom. The van der Waals surface area contributed by atoms with Crippen LogP contribution in [0.3, 0.4) is 0 Å². The first-order valence-corrected chi connectivity index (χ1v) is 4.86. The third-order valence-electron chi connectivity index (χ3n) is 2.23. The van der Waals surface area contributed by atoms with Crippen molar-refractivity contribution in [2.24, 2.45) is 5.11 Å². The van der Waals surface area contributed by atoms with Gasteiger partial charge in [-0.25, -0.2) is 0 Å². The number of nitriles is 1. The monoisotopic (exact) mass is 219 g/mol. The Labute approximate surface area is 93.1 Å². The quantitative estimate of drug-likeness (QED) is 0.338. The summed E-state index contributed by atoms with van der Waals surface area (Å²) in [5, 5.41) is 22.3. The van der Waals surface area contributed by atoms with Crippen LogP contribution in [-0.4, -0.2) is 23.3 Å². The summed E-state index contributed by atoms with van der Waals surface area (Å²) in [6.45, 7) is 4.50. The van der Waals surface area contributed by atoms with E-state index in [4.69, 9.17) is 10.8 Å². The van der Waals surface area contributed by atoms with Crippen LogP contribution in [0.15, 0.2) is 5.11 Å². The van der Waals surface area contributed by atoms with Crippen molar-refractivity contribution in [3.8, 4) is 6.07 Å². The largest absolute Gasteiger partial charge is 0.298 e. The maximum Gasteiger partial charge on any atom is 0.124 e. The van der Waals surface area contributed by atoms with Gasteiger partial charge in [-0.15, -0.1) is 0 Å². The lowest BCUT2D eigenvalue weighted by Gasteiger charge is -2.10. The molecular formula is C9H13N7. The van der Waals surface area contributed by atoms with Crippen molar-refractivity contribution >= 4 is 0 Å². The predicted octanol–water partition coefficient (Wildman–Crippen LogP) is 1.49. The van der Waals surface area contributed by atoms with E-state index < -0.39 is 6.04 Å². The zero-order chi connectivity index (χ0) is 12.0. The lowest BCUT2D eigenvalue weighted by atomic mass is 10.1. The van der Waals surface area contributed by atoms with Crippen LogP contribution in [-0.2, 0) is 0 Å². The van der Waals surface area contributed by atoms with Crippen molar-refractivity contribution in [3.05, 3.63) is 27.4 Å². The maximum absolute atomic E-state index is 9.05. The molecule has 0 saturated heterocycles. The average Bonchev–Trinajstić information content (AvgIpc) is 2.60. The van der Waals surface area contributed by atoms with Gasteiger partial charge >= 0.3 is 0 Å². The lowest BCUT2D eigenvalue weighted by Crippen LogP contribution is -2.23. The third kappa shape index (κ3) is 2.73. The highest BCUT2D eigenvalue weighted by atomic mass is 15.1. The van der Waals surface area contributed by atoms with E-state index in [-0.39, 0.29) is 0 Å². The molecule has 0 aliphatic heterocycles. The summed E-state index contributed by atoms with van der Waals surface area (Å²) >= 11 is 0. The fraction of sp³-hybridized carbons (Fsp3) is 0.556. The molecule has 1 unspecified atom stereocenters. The highest BCUT2D eigenvalue weighted by Crippen LogP contribution is 2.18. The van der Waals surface area contributed by atoms with E-state index in [0.29, 0.717) is 13.1 Å². The maximum atomic E-state index is 9.05. The molecule has 84 valence electrons. The molecule has 16 heavy (non-hydrogen) atoms. The van der Waals surface area contributed by atoms with E-state index in [2.05, 4.69) is 31.6 Å². The van der Waals surface area contributed by atoms with Crippen molar-refractivity contribution in [1.29, 1.82) is 5.26 Å². The fourth-order valence-corrected chi connectivity index (χ4v) is 1.50. The Kier molecular flexibility index (Phi) is 4.33. The molecule has 2 N–H and O–H groups in total. The van der Waals surface area contributed by atoms with Crippen molar-refractivity contribution in [2.45, 2.75) is 19.9 Å². The minimum atomic E-state index is -0.423. The summed E-state index contributed by atoms with van der Waals surface area (Å²) in [6, 6.07) is 1.73. The summed E-state index contributed by atoms with van der Waals surface area (Å²) in [5.41, 5.74) is 10.7. The minimum Gasteiger partial charge on any atom is -0.298 e. The first kappa shape index (κ1) is 12.0. The number of nitrogens with zero attached hydrogens (tertiary/aromatic N) is 5. The summed E-state index contributed by atoms with van der Waals surface area (Å²) in [5.74, 6) is 0. The van der Waals surface area contributed by atoms with Crippen LogP contribution in [0, 0.1) is 25.2 Å². The number of rotatable bonds is 5. The average molecular weight is 219 g/mol. The molecule has 0 amide bonds. The van der Waals surface area contributed by atoms with Crippen LogP contribution >= 0.6 is 0 Å². The van der Waals surface area contributed by atoms with Gasteiger partial charge in [-0.2, -0.15) is 10.4 Å². The second-order valence-corrected chi connectivity index (χ2v) is 3.32. The number of azide groups is 1. The number of hydrogen-bond acceptors (Lipinski definition) is 4. The van der Waals surface area contributed by atoms with Crippen LogP contribution in [0.25, 0.3) is 10.4 Å². The summed E-state index contributed by atoms with van der Waals surface area (Å²) in [4.78, 5) is 2.64. The van der Waals surface area contributed by atoms with Gasteiger partial charge in [0, 0.05) is 29.3 Å². The van der Waals surface area contributed by atoms with Crippen molar-refractivity contribution in [2.75, 3.05) is 13.1 Å². The first-order valence-electron chi connectivity index (χ1n) is 4.86. The number of H-pyrrole nitrogens is 1. The van der Waals surface area contributed by atoms with Crippen molar-refractivity contribution < 1.29 is 0 Å². The molecule has 0 aliphatic carbocycles. The predicted molar refractivity (Wildman–Crippen MR) is 58.4 cm³/mol. The second kappa shape index (κ2) is 5.75. The van der Waals surface area contributed by atoms with Crippen LogP contribution in [0.2, 0.25) is 0 Å². The molecule has 7 nitrogen and oxygen atoms in total. The van der Waals surface area contributed by atoms with Crippen LogP contribution < -0.4 is 5.32 Å². The Morgan fingerprint density at radius 1 is 1.69 bits per heavy atom. The highest BCUT2D eigenvalue weighted by molar-refractivity contribution is 5.31. The number of nitrogens with one attached hydrogen (secondary N) is 2. The van der Waals surface area contributed by atoms with Crippen molar-refractivity contribution in [3.63, 3.8) is 0 Å². The molecule has 0 radical (unpaired) electrons. The summed E-state index contributed by atoms with van der Waals surface area (Å²) in [7, 11) is 0. The smallest absolute Gasteiger partial charge is 0.124 e. The van der Waals surface area contributed by atoms with Crippen LogP contribution in [0.5, 0.6) is 0 Å². The van der Waals surface area contributed by atoms with Gasteiger partial charge in [-0.05, 0) is 19.4 Å². The number of hydrogen-bond donors (Lipinski definition) is 2. The fourth-order valence-electron chi connectivity index (χ4n) is 1.50. The Bertz CT molecular complexity index is 416. The normalized spacial score (nSPS) is 11.6. The molecule has 0 aromatic carbocycles. The van der Waals surface area contributed by atoms with Gasteiger partial charge in [-0.1, -0.05) is 5.11 Å². The molecule has 1 rings (SSSR count). The zero-order valence-electron chi connectivity index (χ0n) is 9.23. The number of aromatic nitrogens is 2. The Morgan fingerprint density at radius 2 is 2.44 bits per heavy atom. The SMILES string of the molecule is Cc1n[nH]c(C)c1C(C#N)NCCN=[N+]=[N-]. The zero-order valence-corrected chi connectivity index (χ0v) is 9.23. The Hall–Kier alpha value is -2.03. The van der Waals surface area contributed by atoms with Gasteiger partial charge in [0.15, 0.2) is 0 Å². The van der Waals surface area contributed by atoms with Gasteiger partial charge in [0.05, 0.1) is 11.8 Å². The Balaban J connectivity index is 2.69. The molecule has 1 atom stereocenters. The highest BCUT2D eigenvalue weighted by Gasteiger charge is 2.17. The van der Waals surface area contributed by atoms with E-state index in [9.17, 15) is 0 Å². The molecule has 1 aromatic heterocycles. The molecule has 0 spiro atoms. The van der Waals surface area contributed by atoms with Gasteiger partial charge in [0.25, 0.3) is 0 Å². The molecule has 0 saturated carbocycles.